The van der Waals surface area contributed by atoms with Crippen LogP contribution >= 0.6 is 0 Å². The molecule has 0 spiro atoms. The van der Waals surface area contributed by atoms with Crippen LogP contribution in [0.3, 0.4) is 0 Å². The molecule has 0 radical (unpaired) electrons. The minimum atomic E-state index is -1.69. The normalized spacial score (nSPS) is 45.1. The van der Waals surface area contributed by atoms with Crippen molar-refractivity contribution in [3.05, 3.63) is 0 Å². The molecule has 0 aromatic carbocycles. The minimum absolute atomic E-state index is 0.0588. The van der Waals surface area contributed by atoms with E-state index in [-0.39, 0.29) is 31.8 Å². The second-order valence-electron chi connectivity index (χ2n) is 17.5. The van der Waals surface area contributed by atoms with Crippen molar-refractivity contribution >= 4 is 11.7 Å². The molecule has 3 rings (SSSR count). The number of carbonyl (C=O) groups is 1. The summed E-state index contributed by atoms with van der Waals surface area (Å²) in [6.07, 6.45) is -7.70. The van der Waals surface area contributed by atoms with Gasteiger partial charge in [-0.25, -0.2) is 0 Å². The van der Waals surface area contributed by atoms with Crippen molar-refractivity contribution in [2.75, 3.05) is 48.3 Å². The number of ether oxygens (including phenoxy) is 8. The van der Waals surface area contributed by atoms with Gasteiger partial charge in [-0.05, 0) is 68.0 Å². The molecular formula is C41H76N2O14. The van der Waals surface area contributed by atoms with Crippen LogP contribution in [0.25, 0.3) is 0 Å². The molecule has 3 fully saturated rings. The quantitative estimate of drug-likeness (QED) is 0.0915. The van der Waals surface area contributed by atoms with Gasteiger partial charge in [-0.3, -0.25) is 4.79 Å². The first-order valence-corrected chi connectivity index (χ1v) is 20.7. The largest absolute Gasteiger partial charge is 0.462 e. The van der Waals surface area contributed by atoms with Crippen molar-refractivity contribution in [2.24, 2.45) is 34.7 Å². The molecule has 0 saturated carbocycles. The third-order valence-corrected chi connectivity index (χ3v) is 12.6. The van der Waals surface area contributed by atoms with E-state index in [9.17, 15) is 25.2 Å². The fraction of sp³-hybridized carbons (Fsp3) is 0.951. The van der Waals surface area contributed by atoms with Crippen molar-refractivity contribution in [3.63, 3.8) is 0 Å². The van der Waals surface area contributed by atoms with E-state index in [0.717, 1.165) is 0 Å². The van der Waals surface area contributed by atoms with Crippen molar-refractivity contribution in [2.45, 2.75) is 174 Å². The molecule has 4 N–H and O–H groups in total. The third kappa shape index (κ3) is 12.5. The molecule has 57 heavy (non-hydrogen) atoms. The van der Waals surface area contributed by atoms with E-state index in [1.807, 2.05) is 60.5 Å². The second kappa shape index (κ2) is 21.8. The maximum absolute atomic E-state index is 14.3. The SMILES string of the molecule is CC[C@H]1OC(=O)[C@H](C)[C@@H](O[C@H]2C[C@@](C)(OC)[C@@H](O)[C@H](C)O2)[C@H](C)[C@@H](O[C@@H]2O[C@H](C)C[C@H](N(C)C)[C@H]2O)[C@](C)(O)C[C@@H](C)/C(=N\OCOCCOC)[C@H](C)[C@@H](O)[C@H]1C. The highest BCUT2D eigenvalue weighted by atomic mass is 16.7. The zero-order valence-electron chi connectivity index (χ0n) is 37.0. The number of aliphatic hydroxyl groups is 4. The number of likely N-dealkylation sites (N-methyl/N-ethyl adjacent to an activating group) is 1. The molecule has 3 aliphatic heterocycles. The maximum Gasteiger partial charge on any atom is 0.311 e. The lowest BCUT2D eigenvalue weighted by molar-refractivity contribution is -0.317. The first kappa shape index (κ1) is 49.8. The number of esters is 1. The second-order valence-corrected chi connectivity index (χ2v) is 17.5. The molecule has 0 bridgehead atoms. The van der Waals surface area contributed by atoms with Gasteiger partial charge in [-0.1, -0.05) is 39.8 Å². The molecule has 0 amide bonds. The Morgan fingerprint density at radius 3 is 2.16 bits per heavy atom. The number of rotatable bonds is 13. The van der Waals surface area contributed by atoms with Gasteiger partial charge in [0.15, 0.2) is 12.6 Å². The summed E-state index contributed by atoms with van der Waals surface area (Å²) in [5.41, 5.74) is -2.25. The van der Waals surface area contributed by atoms with Gasteiger partial charge in [-0.15, -0.1) is 0 Å². The summed E-state index contributed by atoms with van der Waals surface area (Å²) in [5.74, 6) is -3.88. The van der Waals surface area contributed by atoms with Crippen LogP contribution in [0.2, 0.25) is 0 Å². The van der Waals surface area contributed by atoms with Crippen molar-refractivity contribution in [1.29, 1.82) is 0 Å². The summed E-state index contributed by atoms with van der Waals surface area (Å²) in [7, 11) is 6.84. The van der Waals surface area contributed by atoms with Crippen molar-refractivity contribution < 1.29 is 68.0 Å². The van der Waals surface area contributed by atoms with Gasteiger partial charge >= 0.3 is 5.97 Å². The Labute approximate surface area is 340 Å². The first-order valence-electron chi connectivity index (χ1n) is 20.7. The summed E-state index contributed by atoms with van der Waals surface area (Å²) in [6.45, 7) is 18.5. The molecule has 0 aromatic rings. The van der Waals surface area contributed by atoms with Crippen molar-refractivity contribution in [1.82, 2.24) is 4.90 Å². The van der Waals surface area contributed by atoms with Gasteiger partial charge in [0.25, 0.3) is 0 Å². The highest BCUT2D eigenvalue weighted by Gasteiger charge is 2.52. The molecule has 3 saturated heterocycles. The van der Waals surface area contributed by atoms with Crippen LogP contribution in [0.4, 0.5) is 0 Å². The van der Waals surface area contributed by atoms with E-state index in [1.54, 1.807) is 34.8 Å². The van der Waals surface area contributed by atoms with E-state index in [1.165, 1.54) is 7.11 Å². The smallest absolute Gasteiger partial charge is 0.311 e. The molecule has 16 nitrogen and oxygen atoms in total. The fourth-order valence-electron chi connectivity index (χ4n) is 8.88. The summed E-state index contributed by atoms with van der Waals surface area (Å²) in [6, 6.07) is -0.301. The molecule has 18 atom stereocenters. The lowest BCUT2D eigenvalue weighted by Gasteiger charge is -2.49. The molecular weight excluding hydrogens is 744 g/mol. The molecule has 334 valence electrons. The molecule has 0 aliphatic carbocycles. The van der Waals surface area contributed by atoms with Gasteiger partial charge in [-0.2, -0.15) is 0 Å². The van der Waals surface area contributed by atoms with Crippen LogP contribution < -0.4 is 0 Å². The summed E-state index contributed by atoms with van der Waals surface area (Å²) >= 11 is 0. The Kier molecular flexibility index (Phi) is 19.1. The summed E-state index contributed by atoms with van der Waals surface area (Å²) in [4.78, 5) is 21.8. The lowest BCUT2D eigenvalue weighted by Crippen LogP contribution is -2.60. The summed E-state index contributed by atoms with van der Waals surface area (Å²) < 4.78 is 48.4. The number of methoxy groups -OCH3 is 2. The Bertz CT molecular complexity index is 1260. The van der Waals surface area contributed by atoms with Crippen LogP contribution in [0.15, 0.2) is 5.16 Å². The Hall–Kier alpha value is -1.54. The number of nitrogens with zero attached hydrogens (tertiary/aromatic N) is 2. The van der Waals surface area contributed by atoms with E-state index in [4.69, 9.17) is 42.7 Å². The van der Waals surface area contributed by atoms with E-state index in [0.29, 0.717) is 31.8 Å². The third-order valence-electron chi connectivity index (χ3n) is 12.6. The average molecular weight is 821 g/mol. The maximum atomic E-state index is 14.3. The monoisotopic (exact) mass is 821 g/mol. The van der Waals surface area contributed by atoms with Crippen LogP contribution in [0.1, 0.15) is 94.9 Å². The van der Waals surface area contributed by atoms with Crippen LogP contribution in [-0.2, 0) is 47.5 Å². The van der Waals surface area contributed by atoms with Crippen LogP contribution in [0.5, 0.6) is 0 Å². The standard InChI is InChI=1S/C41H76N2O14/c1-15-30-24(4)33(44)25(5)32(42-52-21-51-17-16-49-13)22(2)19-40(9,48)37(57-39-34(45)29(43(11)12)18-23(3)53-39)26(6)35(27(7)38(47)55-30)56-31-20-41(10,50-14)36(46)28(8)54-31/h22-31,33-37,39,44-46,48H,15-21H2,1-14H3/b42-32+/t22-,23-,24+,25+,26+,27-,28+,29+,30-,31+,33+,34-,35+,36+,37-,39+,40-,41-/m1/s1. The van der Waals surface area contributed by atoms with E-state index < -0.39 is 102 Å². The summed E-state index contributed by atoms with van der Waals surface area (Å²) in [5, 5.41) is 51.7. The van der Waals surface area contributed by atoms with Crippen molar-refractivity contribution in [3.8, 4) is 0 Å². The molecule has 0 unspecified atom stereocenters. The number of carbonyl (C=O) groups excluding carboxylic acids is 1. The predicted molar refractivity (Wildman–Crippen MR) is 211 cm³/mol. The fourth-order valence-corrected chi connectivity index (χ4v) is 8.88. The number of aliphatic hydroxyl groups excluding tert-OH is 3. The van der Waals surface area contributed by atoms with Gasteiger partial charge in [0, 0.05) is 50.4 Å². The molecule has 0 aromatic heterocycles. The first-order chi connectivity index (χ1) is 26.6. The number of hydrogen-bond acceptors (Lipinski definition) is 16. The lowest BCUT2D eigenvalue weighted by atomic mass is 9.74. The van der Waals surface area contributed by atoms with Gasteiger partial charge in [0.2, 0.25) is 6.79 Å². The zero-order chi connectivity index (χ0) is 43.0. The number of oxime groups is 1. The van der Waals surface area contributed by atoms with Gasteiger partial charge < -0.3 is 68.1 Å². The van der Waals surface area contributed by atoms with Crippen LogP contribution in [0, 0.1) is 29.6 Å². The molecule has 3 aliphatic rings. The van der Waals surface area contributed by atoms with E-state index >= 15 is 0 Å². The minimum Gasteiger partial charge on any atom is -0.462 e. The van der Waals surface area contributed by atoms with Gasteiger partial charge in [0.05, 0.1) is 66.6 Å². The number of hydrogen-bond donors (Lipinski definition) is 4. The average Bonchev–Trinajstić information content (AvgIpc) is 3.15. The van der Waals surface area contributed by atoms with E-state index in [2.05, 4.69) is 5.16 Å². The Balaban J connectivity index is 2.19. The zero-order valence-corrected chi connectivity index (χ0v) is 37.0. The number of cyclic esters (lactones) is 1. The Morgan fingerprint density at radius 1 is 0.895 bits per heavy atom. The molecule has 3 heterocycles. The molecule has 16 heteroatoms. The topological polar surface area (TPSA) is 197 Å². The predicted octanol–water partition coefficient (Wildman–Crippen LogP) is 3.09. The van der Waals surface area contributed by atoms with Crippen LogP contribution in [-0.4, -0.2) is 164 Å². The highest BCUT2D eigenvalue weighted by molar-refractivity contribution is 5.88. The highest BCUT2D eigenvalue weighted by Crippen LogP contribution is 2.40. The van der Waals surface area contributed by atoms with Gasteiger partial charge in [0.1, 0.15) is 18.3 Å². The Morgan fingerprint density at radius 2 is 1.56 bits per heavy atom.